The molecule has 0 N–H and O–H groups in total. The molecule has 0 bridgehead atoms. The number of hydrogen-bond donors (Lipinski definition) is 0. The van der Waals surface area contributed by atoms with Gasteiger partial charge < -0.3 is 4.40 Å². The second kappa shape index (κ2) is 4.48. The average molecular weight is 357 g/mol. The van der Waals surface area contributed by atoms with Crippen molar-refractivity contribution < 1.29 is 21.6 Å². The number of sulfone groups is 1. The van der Waals surface area contributed by atoms with Gasteiger partial charge in [-0.1, -0.05) is 0 Å². The van der Waals surface area contributed by atoms with Gasteiger partial charge >= 0.3 is 6.18 Å². The number of fused-ring (bicyclic) bond motifs is 1. The van der Waals surface area contributed by atoms with Gasteiger partial charge in [-0.05, 0) is 28.1 Å². The van der Waals surface area contributed by atoms with E-state index in [1.165, 1.54) is 18.3 Å². The van der Waals surface area contributed by atoms with Gasteiger partial charge in [0, 0.05) is 16.9 Å². The number of rotatable bonds is 2. The molecule has 4 nitrogen and oxygen atoms in total. The van der Waals surface area contributed by atoms with E-state index in [9.17, 15) is 21.6 Å². The van der Waals surface area contributed by atoms with E-state index < -0.39 is 27.5 Å². The van der Waals surface area contributed by atoms with E-state index in [0.29, 0.717) is 4.47 Å². The largest absolute Gasteiger partial charge is 0.435 e. The van der Waals surface area contributed by atoms with E-state index >= 15 is 0 Å². The van der Waals surface area contributed by atoms with E-state index in [1.807, 2.05) is 0 Å². The number of halogens is 4. The molecule has 0 saturated carbocycles. The molecular weight excluding hydrogens is 349 g/mol. The lowest BCUT2D eigenvalue weighted by Gasteiger charge is -2.06. The molecular formula is C10H8BrF3N2O2S. The fraction of sp³-hybridized carbons (Fsp3) is 0.300. The molecule has 2 heterocycles. The SMILES string of the molecule is CS(=O)(=O)Cc1c(C(F)(F)F)nc2ccc(Br)cn12. The number of hydrogen-bond acceptors (Lipinski definition) is 3. The molecule has 0 aliphatic rings. The summed E-state index contributed by atoms with van der Waals surface area (Å²) in [4.78, 5) is 3.46. The number of aromatic nitrogens is 2. The Morgan fingerprint density at radius 3 is 2.53 bits per heavy atom. The monoisotopic (exact) mass is 356 g/mol. The summed E-state index contributed by atoms with van der Waals surface area (Å²) in [7, 11) is -3.61. The first-order valence-electron chi connectivity index (χ1n) is 4.99. The molecule has 19 heavy (non-hydrogen) atoms. The van der Waals surface area contributed by atoms with Crippen molar-refractivity contribution in [2.75, 3.05) is 6.26 Å². The summed E-state index contributed by atoms with van der Waals surface area (Å²) < 4.78 is 62.9. The zero-order chi connectivity index (χ0) is 14.4. The van der Waals surface area contributed by atoms with E-state index in [1.54, 1.807) is 0 Å². The molecule has 2 aromatic heterocycles. The standard InChI is InChI=1S/C10H8BrF3N2O2S/c1-19(17,18)5-7-9(10(12,13)14)15-8-3-2-6(11)4-16(7)8/h2-4H,5H2,1H3. The highest BCUT2D eigenvalue weighted by Crippen LogP contribution is 2.33. The molecule has 0 aromatic carbocycles. The Labute approximate surface area is 115 Å². The first kappa shape index (κ1) is 14.3. The Kier molecular flexibility index (Phi) is 3.38. The van der Waals surface area contributed by atoms with Gasteiger partial charge in [0.05, 0.1) is 11.4 Å². The molecule has 0 radical (unpaired) electrons. The second-order valence-electron chi connectivity index (χ2n) is 4.05. The van der Waals surface area contributed by atoms with Crippen LogP contribution in [0.1, 0.15) is 11.4 Å². The molecule has 0 fully saturated rings. The van der Waals surface area contributed by atoms with Crippen molar-refractivity contribution in [2.24, 2.45) is 0 Å². The van der Waals surface area contributed by atoms with Crippen molar-refractivity contribution in [3.8, 4) is 0 Å². The van der Waals surface area contributed by atoms with Crippen LogP contribution in [0, 0.1) is 0 Å². The van der Waals surface area contributed by atoms with Crippen LogP contribution in [-0.4, -0.2) is 24.1 Å². The van der Waals surface area contributed by atoms with Crippen LogP contribution in [0.3, 0.4) is 0 Å². The van der Waals surface area contributed by atoms with Crippen LogP contribution in [-0.2, 0) is 21.8 Å². The van der Waals surface area contributed by atoms with Gasteiger partial charge in [-0.2, -0.15) is 13.2 Å². The predicted octanol–water partition coefficient (Wildman–Crippen LogP) is 2.66. The summed E-state index contributed by atoms with van der Waals surface area (Å²) in [6.07, 6.45) is -2.46. The third-order valence-electron chi connectivity index (χ3n) is 2.35. The molecule has 2 rings (SSSR count). The van der Waals surface area contributed by atoms with Crippen molar-refractivity contribution in [1.82, 2.24) is 9.38 Å². The Bertz CT molecular complexity index is 737. The molecule has 0 spiro atoms. The Hall–Kier alpha value is -1.09. The molecule has 0 atom stereocenters. The van der Waals surface area contributed by atoms with E-state index in [-0.39, 0.29) is 11.3 Å². The highest BCUT2D eigenvalue weighted by Gasteiger charge is 2.38. The lowest BCUT2D eigenvalue weighted by atomic mass is 10.3. The number of nitrogens with zero attached hydrogens (tertiary/aromatic N) is 2. The maximum Gasteiger partial charge on any atom is 0.435 e. The second-order valence-corrected chi connectivity index (χ2v) is 7.11. The van der Waals surface area contributed by atoms with Crippen molar-refractivity contribution in [3.05, 3.63) is 34.2 Å². The van der Waals surface area contributed by atoms with E-state index in [0.717, 1.165) is 10.7 Å². The fourth-order valence-corrected chi connectivity index (χ4v) is 2.79. The molecule has 2 aromatic rings. The summed E-state index contributed by atoms with van der Waals surface area (Å²) >= 11 is 3.13. The highest BCUT2D eigenvalue weighted by molar-refractivity contribution is 9.10. The normalized spacial score (nSPS) is 13.1. The van der Waals surface area contributed by atoms with E-state index in [2.05, 4.69) is 20.9 Å². The maximum absolute atomic E-state index is 12.9. The van der Waals surface area contributed by atoms with Crippen molar-refractivity contribution in [1.29, 1.82) is 0 Å². The third-order valence-corrected chi connectivity index (χ3v) is 3.62. The number of pyridine rings is 1. The van der Waals surface area contributed by atoms with Gasteiger partial charge in [0.1, 0.15) is 5.65 Å². The lowest BCUT2D eigenvalue weighted by molar-refractivity contribution is -0.141. The first-order chi connectivity index (χ1) is 8.58. The Morgan fingerprint density at radius 1 is 1.37 bits per heavy atom. The highest BCUT2D eigenvalue weighted by atomic mass is 79.9. The summed E-state index contributed by atoms with van der Waals surface area (Å²) in [5.74, 6) is -0.723. The fourth-order valence-electron chi connectivity index (χ4n) is 1.68. The van der Waals surface area contributed by atoms with Crippen LogP contribution in [0.15, 0.2) is 22.8 Å². The minimum atomic E-state index is -4.70. The zero-order valence-electron chi connectivity index (χ0n) is 9.57. The van der Waals surface area contributed by atoms with Gasteiger partial charge in [-0.25, -0.2) is 13.4 Å². The van der Waals surface area contributed by atoms with Crippen molar-refractivity contribution >= 4 is 31.4 Å². The van der Waals surface area contributed by atoms with E-state index in [4.69, 9.17) is 0 Å². The maximum atomic E-state index is 12.9. The molecule has 0 saturated heterocycles. The Balaban J connectivity index is 2.77. The van der Waals surface area contributed by atoms with Crippen LogP contribution >= 0.6 is 15.9 Å². The molecule has 0 aliphatic heterocycles. The summed E-state index contributed by atoms with van der Waals surface area (Å²) in [5.41, 5.74) is -1.50. The Morgan fingerprint density at radius 2 is 2.00 bits per heavy atom. The van der Waals surface area contributed by atoms with Crippen molar-refractivity contribution in [2.45, 2.75) is 11.9 Å². The summed E-state index contributed by atoms with van der Waals surface area (Å²) in [6.45, 7) is 0. The summed E-state index contributed by atoms with van der Waals surface area (Å²) in [6, 6.07) is 2.91. The van der Waals surface area contributed by atoms with Crippen LogP contribution < -0.4 is 0 Å². The van der Waals surface area contributed by atoms with Crippen LogP contribution in [0.4, 0.5) is 13.2 Å². The minimum Gasteiger partial charge on any atom is -0.301 e. The topological polar surface area (TPSA) is 51.4 Å². The third kappa shape index (κ3) is 3.08. The van der Waals surface area contributed by atoms with Gasteiger partial charge in [0.15, 0.2) is 15.5 Å². The zero-order valence-corrected chi connectivity index (χ0v) is 12.0. The van der Waals surface area contributed by atoms with Gasteiger partial charge in [-0.15, -0.1) is 0 Å². The van der Waals surface area contributed by atoms with Crippen molar-refractivity contribution in [3.63, 3.8) is 0 Å². The minimum absolute atomic E-state index is 0.0502. The molecule has 0 amide bonds. The molecule has 0 aliphatic carbocycles. The average Bonchev–Trinajstić information content (AvgIpc) is 2.54. The first-order valence-corrected chi connectivity index (χ1v) is 7.85. The quantitative estimate of drug-likeness (QED) is 0.831. The van der Waals surface area contributed by atoms with Gasteiger partial charge in [-0.3, -0.25) is 0 Å². The number of alkyl halides is 3. The van der Waals surface area contributed by atoms with Gasteiger partial charge in [0.2, 0.25) is 0 Å². The molecule has 0 unspecified atom stereocenters. The predicted molar refractivity (Wildman–Crippen MR) is 66.4 cm³/mol. The van der Waals surface area contributed by atoms with Crippen LogP contribution in [0.5, 0.6) is 0 Å². The number of imidazole rings is 1. The summed E-state index contributed by atoms with van der Waals surface area (Å²) in [5, 5.41) is 0. The van der Waals surface area contributed by atoms with Crippen LogP contribution in [0.2, 0.25) is 0 Å². The van der Waals surface area contributed by atoms with Gasteiger partial charge in [0.25, 0.3) is 0 Å². The molecule has 9 heteroatoms. The lowest BCUT2D eigenvalue weighted by Crippen LogP contribution is -2.13. The smallest absolute Gasteiger partial charge is 0.301 e. The van der Waals surface area contributed by atoms with Crippen LogP contribution in [0.25, 0.3) is 5.65 Å². The molecule has 104 valence electrons.